The number of hydrogen-bond donors (Lipinski definition) is 1. The molecule has 11 heteroatoms. The molecule has 0 aliphatic carbocycles. The minimum Gasteiger partial charge on any atom is -0.492 e. The van der Waals surface area contributed by atoms with Gasteiger partial charge in [-0.1, -0.05) is 24.3 Å². The van der Waals surface area contributed by atoms with Gasteiger partial charge in [0, 0.05) is 25.7 Å². The lowest BCUT2D eigenvalue weighted by atomic mass is 10.2. The Morgan fingerprint density at radius 2 is 1.57 bits per heavy atom. The van der Waals surface area contributed by atoms with Gasteiger partial charge in [0.05, 0.1) is 22.0 Å². The largest absolute Gasteiger partial charge is 0.492 e. The minimum atomic E-state index is -3.76. The zero-order valence-electron chi connectivity index (χ0n) is 20.4. The topological polar surface area (TPSA) is 113 Å². The lowest BCUT2D eigenvalue weighted by Crippen LogP contribution is -2.29. The van der Waals surface area contributed by atoms with Crippen molar-refractivity contribution >= 4 is 31.6 Å². The maximum absolute atomic E-state index is 12.9. The van der Waals surface area contributed by atoms with E-state index in [-0.39, 0.29) is 28.8 Å². The number of carbonyl (C=O) groups is 1. The molecule has 0 unspecified atom stereocenters. The Morgan fingerprint density at radius 1 is 0.892 bits per heavy atom. The molecule has 0 bridgehead atoms. The van der Waals surface area contributed by atoms with Crippen LogP contribution < -0.4 is 14.4 Å². The Kier molecular flexibility index (Phi) is 8.16. The maximum atomic E-state index is 12.9. The van der Waals surface area contributed by atoms with Gasteiger partial charge in [0.2, 0.25) is 10.0 Å². The van der Waals surface area contributed by atoms with Gasteiger partial charge < -0.3 is 10.1 Å². The molecular formula is C26H29N3O6S2. The van der Waals surface area contributed by atoms with E-state index < -0.39 is 20.0 Å². The molecule has 3 aromatic carbocycles. The van der Waals surface area contributed by atoms with Crippen molar-refractivity contribution in [3.8, 4) is 5.75 Å². The van der Waals surface area contributed by atoms with Crippen molar-refractivity contribution in [1.82, 2.24) is 9.62 Å². The Morgan fingerprint density at radius 3 is 2.24 bits per heavy atom. The van der Waals surface area contributed by atoms with E-state index in [0.717, 1.165) is 17.1 Å². The van der Waals surface area contributed by atoms with E-state index in [1.54, 1.807) is 48.5 Å². The van der Waals surface area contributed by atoms with Crippen LogP contribution >= 0.6 is 0 Å². The van der Waals surface area contributed by atoms with Gasteiger partial charge in [-0.2, -0.15) is 4.31 Å². The number of rotatable bonds is 10. The second-order valence-corrected chi connectivity index (χ2v) is 12.4. The number of nitrogens with one attached hydrogen (secondary N) is 1. The molecular weight excluding hydrogens is 514 g/mol. The minimum absolute atomic E-state index is 0.159. The predicted molar refractivity (Wildman–Crippen MR) is 141 cm³/mol. The second-order valence-electron chi connectivity index (χ2n) is 8.52. The first kappa shape index (κ1) is 26.6. The fourth-order valence-corrected chi connectivity index (χ4v) is 6.68. The van der Waals surface area contributed by atoms with Crippen molar-refractivity contribution in [2.45, 2.75) is 22.6 Å². The van der Waals surface area contributed by atoms with E-state index in [9.17, 15) is 21.6 Å². The summed E-state index contributed by atoms with van der Waals surface area (Å²) in [6.45, 7) is 1.46. The molecule has 9 nitrogen and oxygen atoms in total. The fraction of sp³-hybridized carbons (Fsp3) is 0.269. The first-order valence-electron chi connectivity index (χ1n) is 11.8. The van der Waals surface area contributed by atoms with Gasteiger partial charge in [-0.25, -0.2) is 16.8 Å². The van der Waals surface area contributed by atoms with E-state index in [2.05, 4.69) is 5.32 Å². The molecule has 1 fully saturated rings. The van der Waals surface area contributed by atoms with Crippen LogP contribution in [0.5, 0.6) is 5.75 Å². The van der Waals surface area contributed by atoms with Crippen LogP contribution in [0.3, 0.4) is 0 Å². The summed E-state index contributed by atoms with van der Waals surface area (Å²) in [7, 11) is -5.80. The number of benzene rings is 3. The third-order valence-electron chi connectivity index (χ3n) is 6.06. The quantitative estimate of drug-likeness (QED) is 0.393. The number of hydrogen-bond acceptors (Lipinski definition) is 6. The lowest BCUT2D eigenvalue weighted by Gasteiger charge is -2.20. The van der Waals surface area contributed by atoms with Crippen LogP contribution in [0.4, 0.5) is 5.69 Å². The molecule has 0 atom stereocenters. The summed E-state index contributed by atoms with van der Waals surface area (Å²) >= 11 is 0. The summed E-state index contributed by atoms with van der Waals surface area (Å²) < 4.78 is 59.2. The summed E-state index contributed by atoms with van der Waals surface area (Å²) in [4.78, 5) is 13.0. The SMILES string of the molecule is CN(c1cccc(C(=O)NCCOc2ccc(S(=O)(=O)N3CCCC3)cc2)c1)S(=O)(=O)c1ccccc1. The second kappa shape index (κ2) is 11.3. The van der Waals surface area contributed by atoms with E-state index in [1.807, 2.05) is 0 Å². The molecule has 0 radical (unpaired) electrons. The number of nitrogens with zero attached hydrogens (tertiary/aromatic N) is 2. The molecule has 37 heavy (non-hydrogen) atoms. The summed E-state index contributed by atoms with van der Waals surface area (Å²) in [6.07, 6.45) is 1.75. The Hall–Kier alpha value is -3.41. The van der Waals surface area contributed by atoms with Crippen LogP contribution in [-0.4, -0.2) is 60.3 Å². The molecule has 196 valence electrons. The average Bonchev–Trinajstić information content (AvgIpc) is 3.48. The summed E-state index contributed by atoms with van der Waals surface area (Å²) in [5, 5.41) is 2.74. The van der Waals surface area contributed by atoms with Crippen molar-refractivity contribution in [2.24, 2.45) is 0 Å². The van der Waals surface area contributed by atoms with Crippen LogP contribution in [0.15, 0.2) is 88.7 Å². The standard InChI is InChI=1S/C26H29N3O6S2/c1-28(36(31,32)24-10-3-2-4-11-24)22-9-7-8-21(20-22)26(30)27-16-19-35-23-12-14-25(15-13-23)37(33,34)29-17-5-6-18-29/h2-4,7-15,20H,5-6,16-19H2,1H3,(H,27,30). The van der Waals surface area contributed by atoms with Gasteiger partial charge in [0.1, 0.15) is 12.4 Å². The molecule has 1 amide bonds. The summed E-state index contributed by atoms with van der Waals surface area (Å²) in [6, 6.07) is 20.7. The molecule has 1 N–H and O–H groups in total. The Bertz CT molecular complexity index is 1440. The summed E-state index contributed by atoms with van der Waals surface area (Å²) in [5.41, 5.74) is 0.667. The predicted octanol–water partition coefficient (Wildman–Crippen LogP) is 3.11. The first-order chi connectivity index (χ1) is 17.7. The zero-order chi connectivity index (χ0) is 26.5. The van der Waals surface area contributed by atoms with Gasteiger partial charge in [-0.05, 0) is 67.4 Å². The van der Waals surface area contributed by atoms with E-state index in [4.69, 9.17) is 4.74 Å². The van der Waals surface area contributed by atoms with Crippen molar-refractivity contribution in [3.05, 3.63) is 84.4 Å². The zero-order valence-corrected chi connectivity index (χ0v) is 22.0. The van der Waals surface area contributed by atoms with Gasteiger partial charge >= 0.3 is 0 Å². The Labute approximate surface area is 217 Å². The monoisotopic (exact) mass is 543 g/mol. The highest BCUT2D eigenvalue weighted by Crippen LogP contribution is 2.24. The van der Waals surface area contributed by atoms with Crippen LogP contribution in [0.2, 0.25) is 0 Å². The van der Waals surface area contributed by atoms with E-state index >= 15 is 0 Å². The van der Waals surface area contributed by atoms with Crippen LogP contribution in [0.25, 0.3) is 0 Å². The molecule has 1 saturated heterocycles. The molecule has 1 aliphatic heterocycles. The Balaban J connectivity index is 1.31. The van der Waals surface area contributed by atoms with E-state index in [1.165, 1.54) is 41.7 Å². The highest BCUT2D eigenvalue weighted by Gasteiger charge is 2.27. The van der Waals surface area contributed by atoms with Gasteiger partial charge in [0.25, 0.3) is 15.9 Å². The maximum Gasteiger partial charge on any atom is 0.264 e. The molecule has 1 heterocycles. The van der Waals surface area contributed by atoms with Crippen molar-refractivity contribution in [2.75, 3.05) is 37.6 Å². The highest BCUT2D eigenvalue weighted by atomic mass is 32.2. The van der Waals surface area contributed by atoms with E-state index in [0.29, 0.717) is 30.1 Å². The van der Waals surface area contributed by atoms with Crippen LogP contribution in [0, 0.1) is 0 Å². The van der Waals surface area contributed by atoms with Gasteiger partial charge in [-0.3, -0.25) is 9.10 Å². The van der Waals surface area contributed by atoms with Crippen molar-refractivity contribution in [3.63, 3.8) is 0 Å². The van der Waals surface area contributed by atoms with Crippen LogP contribution in [0.1, 0.15) is 23.2 Å². The van der Waals surface area contributed by atoms with Crippen LogP contribution in [-0.2, 0) is 20.0 Å². The smallest absolute Gasteiger partial charge is 0.264 e. The van der Waals surface area contributed by atoms with Crippen molar-refractivity contribution in [1.29, 1.82) is 0 Å². The molecule has 4 rings (SSSR count). The highest BCUT2D eigenvalue weighted by molar-refractivity contribution is 7.92. The lowest BCUT2D eigenvalue weighted by molar-refractivity contribution is 0.0947. The van der Waals surface area contributed by atoms with Gasteiger partial charge in [-0.15, -0.1) is 0 Å². The summed E-state index contributed by atoms with van der Waals surface area (Å²) in [5.74, 6) is 0.118. The average molecular weight is 544 g/mol. The number of amides is 1. The molecule has 0 aromatic heterocycles. The number of anilines is 1. The number of carbonyl (C=O) groups excluding carboxylic acids is 1. The number of sulfonamides is 2. The number of ether oxygens (including phenoxy) is 1. The molecule has 1 aliphatic rings. The third-order valence-corrected chi connectivity index (χ3v) is 9.77. The van der Waals surface area contributed by atoms with Gasteiger partial charge in [0.15, 0.2) is 0 Å². The molecule has 0 saturated carbocycles. The van der Waals surface area contributed by atoms with Crippen molar-refractivity contribution < 1.29 is 26.4 Å². The normalized spacial score (nSPS) is 14.3. The first-order valence-corrected chi connectivity index (χ1v) is 14.7. The third kappa shape index (κ3) is 6.12. The molecule has 0 spiro atoms. The fourth-order valence-electron chi connectivity index (χ4n) is 3.95. The molecule has 3 aromatic rings.